The highest BCUT2D eigenvalue weighted by Gasteiger charge is 2.21. The Labute approximate surface area is 251 Å². The number of thiophene rings is 1. The van der Waals surface area contributed by atoms with E-state index in [-0.39, 0.29) is 31.1 Å². The Balaban J connectivity index is 2.02. The maximum absolute atomic E-state index is 12.2. The number of carboxylic acids is 3. The lowest BCUT2D eigenvalue weighted by atomic mass is 10.0. The number of quaternary nitrogens is 1. The van der Waals surface area contributed by atoms with Gasteiger partial charge in [-0.15, -0.1) is 11.3 Å². The number of carbonyl (C=O) groups is 5. The van der Waals surface area contributed by atoms with E-state index in [1.54, 1.807) is 6.07 Å². The maximum atomic E-state index is 12.2. The first-order valence-electron chi connectivity index (χ1n) is 15.0. The molecule has 0 aliphatic rings. The van der Waals surface area contributed by atoms with Crippen molar-refractivity contribution in [2.24, 2.45) is 0 Å². The number of amides is 2. The van der Waals surface area contributed by atoms with Crippen LogP contribution in [0.5, 0.6) is 0 Å². The molecule has 0 saturated heterocycles. The predicted molar refractivity (Wildman–Crippen MR) is 159 cm³/mol. The van der Waals surface area contributed by atoms with Gasteiger partial charge in [0.05, 0.1) is 0 Å². The van der Waals surface area contributed by atoms with Gasteiger partial charge in [-0.2, -0.15) is 5.43 Å². The van der Waals surface area contributed by atoms with Gasteiger partial charge in [-0.05, 0) is 57.1 Å². The molecule has 1 aromatic rings. The number of rotatable bonds is 26. The zero-order chi connectivity index (χ0) is 31.2. The smallest absolute Gasteiger partial charge is 0.345 e. The van der Waals surface area contributed by atoms with Crippen molar-refractivity contribution in [2.45, 2.75) is 121 Å². The number of unbranched alkanes of at least 4 members (excludes halogenated alkanes) is 10. The van der Waals surface area contributed by atoms with E-state index in [0.29, 0.717) is 37.1 Å². The molecule has 2 atom stereocenters. The highest BCUT2D eigenvalue weighted by atomic mass is 32.1. The number of carbonyl (C=O) groups excluding carboxylic acids is 2. The highest BCUT2D eigenvalue weighted by Crippen LogP contribution is 2.19. The minimum atomic E-state index is -1.17. The predicted octanol–water partition coefficient (Wildman–Crippen LogP) is 3.12. The van der Waals surface area contributed by atoms with Crippen molar-refractivity contribution in [2.75, 3.05) is 6.54 Å². The molecule has 1 heterocycles. The van der Waals surface area contributed by atoms with Crippen LogP contribution in [0.25, 0.3) is 0 Å². The number of hydrogen-bond donors (Lipinski definition) is 7. The quantitative estimate of drug-likeness (QED) is 0.0603. The molecule has 9 N–H and O–H groups in total. The Morgan fingerprint density at radius 1 is 0.690 bits per heavy atom. The van der Waals surface area contributed by atoms with E-state index in [2.05, 4.69) is 21.9 Å². The van der Waals surface area contributed by atoms with Gasteiger partial charge in [0.1, 0.15) is 10.9 Å². The van der Waals surface area contributed by atoms with Crippen molar-refractivity contribution in [1.82, 2.24) is 16.1 Å². The normalized spacial score (nSPS) is 12.4. The van der Waals surface area contributed by atoms with Crippen LogP contribution < -0.4 is 21.9 Å². The molecule has 12 nitrogen and oxygen atoms in total. The number of aryl methyl sites for hydroxylation is 1. The summed E-state index contributed by atoms with van der Waals surface area (Å²) in [6.45, 7) is 0.362. The largest absolute Gasteiger partial charge is 0.480 e. The van der Waals surface area contributed by atoms with Crippen LogP contribution in [0, 0.1) is 0 Å². The van der Waals surface area contributed by atoms with E-state index >= 15 is 0 Å². The van der Waals surface area contributed by atoms with Gasteiger partial charge in [-0.25, -0.2) is 9.59 Å². The van der Waals surface area contributed by atoms with Crippen LogP contribution in [-0.2, 0) is 25.6 Å². The number of aliphatic carboxylic acids is 2. The molecule has 0 radical (unpaired) electrons. The molecule has 0 aliphatic heterocycles. The van der Waals surface area contributed by atoms with E-state index in [0.717, 1.165) is 49.8 Å². The van der Waals surface area contributed by atoms with Crippen LogP contribution in [0.4, 0.5) is 0 Å². The van der Waals surface area contributed by atoms with Crippen LogP contribution >= 0.6 is 11.3 Å². The lowest BCUT2D eigenvalue weighted by Gasteiger charge is -2.14. The second-order valence-corrected chi connectivity index (χ2v) is 11.7. The van der Waals surface area contributed by atoms with E-state index in [4.69, 9.17) is 10.2 Å². The Morgan fingerprint density at radius 2 is 1.29 bits per heavy atom. The Morgan fingerprint density at radius 3 is 1.83 bits per heavy atom. The summed E-state index contributed by atoms with van der Waals surface area (Å²) in [5.74, 6) is -0.266. The lowest BCUT2D eigenvalue weighted by molar-refractivity contribution is -0.449. The van der Waals surface area contributed by atoms with Gasteiger partial charge in [0.15, 0.2) is 6.04 Å². The third-order valence-corrected chi connectivity index (χ3v) is 8.16. The summed E-state index contributed by atoms with van der Waals surface area (Å²) in [4.78, 5) is 59.1. The van der Waals surface area contributed by atoms with Crippen molar-refractivity contribution in [1.29, 1.82) is 0 Å². The molecule has 42 heavy (non-hydrogen) atoms. The monoisotopic (exact) mass is 613 g/mol. The van der Waals surface area contributed by atoms with Crippen molar-refractivity contribution < 1.29 is 45.1 Å². The Bertz CT molecular complexity index is 971. The van der Waals surface area contributed by atoms with Gasteiger partial charge < -0.3 is 26.0 Å². The molecule has 238 valence electrons. The number of carboxylic acid groups (broad SMARTS) is 3. The van der Waals surface area contributed by atoms with Gasteiger partial charge in [-0.3, -0.25) is 20.2 Å². The van der Waals surface area contributed by atoms with E-state index in [1.165, 1.54) is 30.6 Å². The summed E-state index contributed by atoms with van der Waals surface area (Å²) in [7, 11) is 0. The average molecular weight is 614 g/mol. The second-order valence-electron chi connectivity index (χ2n) is 10.5. The molecular weight excluding hydrogens is 564 g/mol. The summed E-state index contributed by atoms with van der Waals surface area (Å²) in [6.07, 6.45) is 13.4. The van der Waals surface area contributed by atoms with Crippen LogP contribution in [0.1, 0.15) is 117 Å². The molecular formula is C29H49N4O8S+. The van der Waals surface area contributed by atoms with Gasteiger partial charge in [0.2, 0.25) is 11.8 Å². The number of nitrogens with one attached hydrogen (secondary N) is 3. The average Bonchev–Trinajstić information content (AvgIpc) is 3.42. The highest BCUT2D eigenvalue weighted by molar-refractivity contribution is 7.13. The summed E-state index contributed by atoms with van der Waals surface area (Å²) in [5.41, 5.74) is 2.46. The minimum absolute atomic E-state index is 0.000886. The fourth-order valence-electron chi connectivity index (χ4n) is 4.53. The summed E-state index contributed by atoms with van der Waals surface area (Å²) in [5, 5.41) is 32.5. The maximum Gasteiger partial charge on any atom is 0.345 e. The molecule has 2 amide bonds. The first-order valence-corrected chi connectivity index (χ1v) is 15.8. The van der Waals surface area contributed by atoms with Gasteiger partial charge in [0.25, 0.3) is 0 Å². The molecule has 1 rings (SSSR count). The molecule has 0 bridgehead atoms. The third kappa shape index (κ3) is 17.7. The molecule has 0 aliphatic carbocycles. The molecule has 13 heteroatoms. The lowest BCUT2D eigenvalue weighted by Crippen LogP contribution is -2.70. The molecule has 1 aromatic heterocycles. The summed E-state index contributed by atoms with van der Waals surface area (Å²) < 4.78 is 0. The van der Waals surface area contributed by atoms with Crippen LogP contribution in [0.15, 0.2) is 12.1 Å². The van der Waals surface area contributed by atoms with Gasteiger partial charge in [0, 0.05) is 24.3 Å². The van der Waals surface area contributed by atoms with E-state index < -0.39 is 30.0 Å². The van der Waals surface area contributed by atoms with Crippen molar-refractivity contribution in [3.8, 4) is 0 Å². The first-order chi connectivity index (χ1) is 20.1. The first kappa shape index (κ1) is 37.0. The van der Waals surface area contributed by atoms with Crippen LogP contribution in [0.3, 0.4) is 0 Å². The van der Waals surface area contributed by atoms with Gasteiger partial charge in [-0.1, -0.05) is 51.4 Å². The Hall–Kier alpha value is -3.03. The summed E-state index contributed by atoms with van der Waals surface area (Å²) >= 11 is 1.36. The van der Waals surface area contributed by atoms with Crippen LogP contribution in [0.2, 0.25) is 0 Å². The zero-order valence-electron chi connectivity index (χ0n) is 24.5. The van der Waals surface area contributed by atoms with Crippen LogP contribution in [-0.4, -0.2) is 63.7 Å². The van der Waals surface area contributed by atoms with E-state index in [1.807, 2.05) is 6.07 Å². The van der Waals surface area contributed by atoms with Crippen molar-refractivity contribution >= 4 is 41.1 Å². The van der Waals surface area contributed by atoms with Gasteiger partial charge >= 0.3 is 17.9 Å². The molecule has 0 aromatic carbocycles. The number of hydrogen-bond acceptors (Lipinski definition) is 7. The molecule has 0 fully saturated rings. The fraction of sp³-hybridized carbons (Fsp3) is 0.690. The Kier molecular flexibility index (Phi) is 19.9. The van der Waals surface area contributed by atoms with Crippen molar-refractivity contribution in [3.05, 3.63) is 21.9 Å². The molecule has 0 saturated carbocycles. The molecule has 0 unspecified atom stereocenters. The van der Waals surface area contributed by atoms with Crippen molar-refractivity contribution in [3.63, 3.8) is 0 Å². The molecule has 0 spiro atoms. The minimum Gasteiger partial charge on any atom is -0.480 e. The fourth-order valence-corrected chi connectivity index (χ4v) is 5.42. The topological polar surface area (TPSA) is 210 Å². The van der Waals surface area contributed by atoms with E-state index in [9.17, 15) is 29.1 Å². The summed E-state index contributed by atoms with van der Waals surface area (Å²) in [6, 6.07) is 1.73. The number of aromatic carboxylic acids is 1. The second kappa shape index (κ2) is 22.6. The third-order valence-electron chi connectivity index (χ3n) is 7.03. The zero-order valence-corrected chi connectivity index (χ0v) is 25.4. The SMILES string of the molecule is [NH3+]N[C@@H](CCCCNC(=O)CC[C@H](NC(=O)CCCCCCCCCCCCc1ccc(C(=O)O)s1)C(=O)O)C(=O)O. The standard InChI is InChI=1S/C29H48N4O8S/c30-33-23(28(38)39)14-11-12-20-31-25(34)19-17-22(27(36)37)32-26(35)15-10-8-6-4-2-1-3-5-7-9-13-21-16-18-24(42-21)29(40)41/h16,18,22-23,33H,1-15,17,19-20,30H2,(H,31,34)(H,32,35)(H,36,37)(H,38,39)(H,40,41)/p+1/t22-,23-/m0/s1.